The molecule has 0 fully saturated rings. The Bertz CT molecular complexity index is 581. The van der Waals surface area contributed by atoms with Crippen molar-refractivity contribution in [1.82, 2.24) is 4.31 Å². The van der Waals surface area contributed by atoms with Crippen LogP contribution in [-0.4, -0.2) is 39.4 Å². The molecule has 0 radical (unpaired) electrons. The number of carbonyl (C=O) groups excluding carboxylic acids is 1. The molecule has 6 heteroatoms. The average molecular weight is 299 g/mol. The smallest absolute Gasteiger partial charge is 0.337 e. The fraction of sp³-hybridized carbons (Fsp3) is 0.500. The number of sulfonamides is 1. The van der Waals surface area contributed by atoms with Gasteiger partial charge in [-0.1, -0.05) is 19.4 Å². The molecule has 0 unspecified atom stereocenters. The van der Waals surface area contributed by atoms with E-state index in [9.17, 15) is 13.2 Å². The number of hydrogen-bond acceptors (Lipinski definition) is 4. The summed E-state index contributed by atoms with van der Waals surface area (Å²) in [5.41, 5.74) is 0.849. The van der Waals surface area contributed by atoms with E-state index in [0.717, 1.165) is 12.8 Å². The van der Waals surface area contributed by atoms with Crippen molar-refractivity contribution >= 4 is 16.0 Å². The number of ether oxygens (including phenoxy) is 1. The molecule has 0 aromatic heterocycles. The first-order valence-corrected chi connectivity index (χ1v) is 7.94. The van der Waals surface area contributed by atoms with E-state index >= 15 is 0 Å². The third-order valence-corrected chi connectivity index (χ3v) is 5.12. The van der Waals surface area contributed by atoms with Crippen LogP contribution in [0.4, 0.5) is 0 Å². The summed E-state index contributed by atoms with van der Waals surface area (Å²) < 4.78 is 30.9. The standard InChI is InChI=1S/C14H21NO4S/c1-5-6-9-15(3)20(17,18)13-10-12(14(16)19-4)8-7-11(13)2/h7-8,10H,5-6,9H2,1-4H3. The fourth-order valence-corrected chi connectivity index (χ4v) is 3.25. The summed E-state index contributed by atoms with van der Waals surface area (Å²) in [6.07, 6.45) is 1.71. The lowest BCUT2D eigenvalue weighted by molar-refractivity contribution is 0.0600. The van der Waals surface area contributed by atoms with Crippen LogP contribution in [0.3, 0.4) is 0 Å². The quantitative estimate of drug-likeness (QED) is 0.755. The van der Waals surface area contributed by atoms with Crippen LogP contribution in [0.15, 0.2) is 23.1 Å². The number of rotatable bonds is 6. The van der Waals surface area contributed by atoms with Crippen LogP contribution in [0.2, 0.25) is 0 Å². The van der Waals surface area contributed by atoms with E-state index < -0.39 is 16.0 Å². The maximum atomic E-state index is 12.5. The second-order valence-corrected chi connectivity index (χ2v) is 6.67. The van der Waals surface area contributed by atoms with Crippen LogP contribution < -0.4 is 0 Å². The van der Waals surface area contributed by atoms with E-state index in [2.05, 4.69) is 4.74 Å². The molecule has 1 rings (SSSR count). The molecule has 0 N–H and O–H groups in total. The topological polar surface area (TPSA) is 63.7 Å². The Balaban J connectivity index is 3.20. The highest BCUT2D eigenvalue weighted by Gasteiger charge is 2.23. The molecule has 0 saturated heterocycles. The predicted octanol–water partition coefficient (Wildman–Crippen LogP) is 2.20. The molecular weight excluding hydrogens is 278 g/mol. The zero-order chi connectivity index (χ0) is 15.3. The van der Waals surface area contributed by atoms with Crippen molar-refractivity contribution < 1.29 is 17.9 Å². The van der Waals surface area contributed by atoms with Gasteiger partial charge in [-0.15, -0.1) is 0 Å². The zero-order valence-corrected chi connectivity index (χ0v) is 13.2. The number of nitrogens with zero attached hydrogens (tertiary/aromatic N) is 1. The summed E-state index contributed by atoms with van der Waals surface area (Å²) in [5, 5.41) is 0. The van der Waals surface area contributed by atoms with Crippen LogP contribution in [0.1, 0.15) is 35.7 Å². The minimum Gasteiger partial charge on any atom is -0.465 e. The molecule has 0 aliphatic heterocycles. The van der Waals surface area contributed by atoms with Crippen LogP contribution in [0, 0.1) is 6.92 Å². The van der Waals surface area contributed by atoms with Gasteiger partial charge in [-0.3, -0.25) is 0 Å². The van der Waals surface area contributed by atoms with Gasteiger partial charge >= 0.3 is 5.97 Å². The molecule has 0 aliphatic rings. The second kappa shape index (κ2) is 6.85. The lowest BCUT2D eigenvalue weighted by Gasteiger charge is -2.18. The Hall–Kier alpha value is -1.40. The monoisotopic (exact) mass is 299 g/mol. The first-order valence-electron chi connectivity index (χ1n) is 6.50. The number of benzene rings is 1. The van der Waals surface area contributed by atoms with Crippen LogP contribution in [0.5, 0.6) is 0 Å². The van der Waals surface area contributed by atoms with Gasteiger partial charge in [0.05, 0.1) is 17.6 Å². The number of unbranched alkanes of at least 4 members (excludes halogenated alkanes) is 1. The van der Waals surface area contributed by atoms with Crippen molar-refractivity contribution in [2.75, 3.05) is 20.7 Å². The van der Waals surface area contributed by atoms with Gasteiger partial charge in [0.2, 0.25) is 10.0 Å². The first kappa shape index (κ1) is 16.7. The van der Waals surface area contributed by atoms with Gasteiger partial charge in [-0.2, -0.15) is 0 Å². The summed E-state index contributed by atoms with van der Waals surface area (Å²) in [5.74, 6) is -0.544. The van der Waals surface area contributed by atoms with Crippen molar-refractivity contribution in [3.63, 3.8) is 0 Å². The van der Waals surface area contributed by atoms with Crippen LogP contribution in [0.25, 0.3) is 0 Å². The van der Waals surface area contributed by atoms with Gasteiger partial charge in [0.1, 0.15) is 0 Å². The first-order chi connectivity index (χ1) is 9.34. The molecule has 1 aromatic carbocycles. The number of aryl methyl sites for hydroxylation is 1. The minimum absolute atomic E-state index is 0.152. The largest absolute Gasteiger partial charge is 0.465 e. The van der Waals surface area contributed by atoms with E-state index in [1.54, 1.807) is 26.1 Å². The molecule has 0 spiro atoms. The van der Waals surface area contributed by atoms with E-state index in [4.69, 9.17) is 0 Å². The molecule has 0 heterocycles. The summed E-state index contributed by atoms with van der Waals surface area (Å²) in [6.45, 7) is 4.17. The van der Waals surface area contributed by atoms with Crippen molar-refractivity contribution in [2.24, 2.45) is 0 Å². The highest BCUT2D eigenvalue weighted by molar-refractivity contribution is 7.89. The van der Waals surface area contributed by atoms with Gasteiger partial charge in [0.15, 0.2) is 0 Å². The lowest BCUT2D eigenvalue weighted by Crippen LogP contribution is -2.28. The Morgan fingerprint density at radius 3 is 2.55 bits per heavy atom. The molecule has 0 saturated carbocycles. The molecular formula is C14H21NO4S. The van der Waals surface area contributed by atoms with E-state index in [1.807, 2.05) is 6.92 Å². The van der Waals surface area contributed by atoms with E-state index in [1.165, 1.54) is 17.5 Å². The Morgan fingerprint density at radius 2 is 2.00 bits per heavy atom. The summed E-state index contributed by atoms with van der Waals surface area (Å²) >= 11 is 0. The van der Waals surface area contributed by atoms with Crippen molar-refractivity contribution in [3.05, 3.63) is 29.3 Å². The number of hydrogen-bond donors (Lipinski definition) is 0. The molecule has 1 aromatic rings. The average Bonchev–Trinajstić information content (AvgIpc) is 2.43. The highest BCUT2D eigenvalue weighted by Crippen LogP contribution is 2.21. The Morgan fingerprint density at radius 1 is 1.35 bits per heavy atom. The third-order valence-electron chi connectivity index (χ3n) is 3.12. The number of methoxy groups -OCH3 is 1. The van der Waals surface area contributed by atoms with E-state index in [0.29, 0.717) is 12.1 Å². The third kappa shape index (κ3) is 3.58. The molecule has 112 valence electrons. The molecule has 0 atom stereocenters. The van der Waals surface area contributed by atoms with Gasteiger partial charge in [-0.25, -0.2) is 17.5 Å². The van der Waals surface area contributed by atoms with Crippen molar-refractivity contribution in [2.45, 2.75) is 31.6 Å². The van der Waals surface area contributed by atoms with Gasteiger partial charge in [0, 0.05) is 13.6 Å². The van der Waals surface area contributed by atoms with Gasteiger partial charge in [-0.05, 0) is 31.0 Å². The summed E-state index contributed by atoms with van der Waals surface area (Å²) in [4.78, 5) is 11.7. The molecule has 20 heavy (non-hydrogen) atoms. The minimum atomic E-state index is -3.58. The number of esters is 1. The molecule has 0 bridgehead atoms. The van der Waals surface area contributed by atoms with Crippen molar-refractivity contribution in [3.8, 4) is 0 Å². The predicted molar refractivity (Wildman–Crippen MR) is 77.2 cm³/mol. The van der Waals surface area contributed by atoms with Crippen LogP contribution in [-0.2, 0) is 14.8 Å². The summed E-state index contributed by atoms with van der Waals surface area (Å²) in [7, 11) is -0.762. The maximum Gasteiger partial charge on any atom is 0.337 e. The number of carbonyl (C=O) groups is 1. The maximum absolute atomic E-state index is 12.5. The normalized spacial score (nSPS) is 11.7. The SMILES string of the molecule is CCCCN(C)S(=O)(=O)c1cc(C(=O)OC)ccc1C. The van der Waals surface area contributed by atoms with Gasteiger partial charge in [0.25, 0.3) is 0 Å². The molecule has 0 amide bonds. The Kier molecular flexibility index (Phi) is 5.71. The zero-order valence-electron chi connectivity index (χ0n) is 12.3. The Labute approximate surface area is 120 Å². The van der Waals surface area contributed by atoms with Crippen LogP contribution >= 0.6 is 0 Å². The van der Waals surface area contributed by atoms with E-state index in [-0.39, 0.29) is 10.5 Å². The lowest BCUT2D eigenvalue weighted by atomic mass is 10.1. The molecule has 5 nitrogen and oxygen atoms in total. The second-order valence-electron chi connectivity index (χ2n) is 4.65. The fourth-order valence-electron chi connectivity index (χ4n) is 1.79. The molecule has 0 aliphatic carbocycles. The van der Waals surface area contributed by atoms with Gasteiger partial charge < -0.3 is 4.74 Å². The summed E-state index contributed by atoms with van der Waals surface area (Å²) in [6, 6.07) is 4.55. The van der Waals surface area contributed by atoms with Crippen molar-refractivity contribution in [1.29, 1.82) is 0 Å². The highest BCUT2D eigenvalue weighted by atomic mass is 32.2.